The first kappa shape index (κ1) is 21.8. The second kappa shape index (κ2) is 9.45. The van der Waals surface area contributed by atoms with Crippen molar-refractivity contribution in [1.29, 1.82) is 0 Å². The Morgan fingerprint density at radius 1 is 1.12 bits per heavy atom. The van der Waals surface area contributed by atoms with Gasteiger partial charge in [-0.2, -0.15) is 13.2 Å². The van der Waals surface area contributed by atoms with Crippen molar-refractivity contribution in [3.63, 3.8) is 0 Å². The Morgan fingerprint density at radius 3 is 2.31 bits per heavy atom. The minimum atomic E-state index is -4.49. The van der Waals surface area contributed by atoms with Crippen LogP contribution in [-0.4, -0.2) is 13.0 Å². The first-order chi connectivity index (χ1) is 11.8. The molecule has 0 radical (unpaired) electrons. The smallest absolute Gasteiger partial charge is 0.416 e. The monoisotopic (exact) mass is 388 g/mol. The minimum Gasteiger partial charge on any atom is -0.497 e. The quantitative estimate of drug-likeness (QED) is 0.780. The fraction of sp³-hybridized carbons (Fsp3) is 0.278. The lowest BCUT2D eigenvalue weighted by Crippen LogP contribution is -2.14. The van der Waals surface area contributed by atoms with Gasteiger partial charge in [-0.05, 0) is 47.9 Å². The summed E-state index contributed by atoms with van der Waals surface area (Å²) in [7, 11) is 1.56. The minimum absolute atomic E-state index is 0. The molecular weight excluding hydrogens is 369 g/mol. The maximum Gasteiger partial charge on any atom is 0.416 e. The van der Waals surface area contributed by atoms with E-state index in [2.05, 4.69) is 5.32 Å². The van der Waals surface area contributed by atoms with E-state index in [4.69, 9.17) is 10.5 Å². The van der Waals surface area contributed by atoms with Gasteiger partial charge in [0.25, 0.3) is 0 Å². The molecule has 26 heavy (non-hydrogen) atoms. The number of ether oxygens (including phenoxy) is 1. The van der Waals surface area contributed by atoms with Gasteiger partial charge in [0.05, 0.1) is 12.7 Å². The number of methoxy groups -OCH3 is 1. The summed E-state index contributed by atoms with van der Waals surface area (Å²) in [5.41, 5.74) is 5.93. The molecule has 1 amide bonds. The van der Waals surface area contributed by atoms with E-state index in [1.54, 1.807) is 19.2 Å². The molecule has 2 aromatic carbocycles. The summed E-state index contributed by atoms with van der Waals surface area (Å²) in [5, 5.41) is 2.50. The van der Waals surface area contributed by atoms with Gasteiger partial charge >= 0.3 is 6.18 Å². The molecule has 0 aromatic heterocycles. The zero-order chi connectivity index (χ0) is 18.4. The third-order valence-corrected chi connectivity index (χ3v) is 3.64. The molecule has 0 saturated heterocycles. The number of rotatable bonds is 6. The van der Waals surface area contributed by atoms with Gasteiger partial charge in [-0.15, -0.1) is 12.4 Å². The number of hydrogen-bond donors (Lipinski definition) is 2. The van der Waals surface area contributed by atoms with Crippen molar-refractivity contribution >= 4 is 24.0 Å². The van der Waals surface area contributed by atoms with Gasteiger partial charge in [-0.1, -0.05) is 12.1 Å². The van der Waals surface area contributed by atoms with Crippen LogP contribution in [0.3, 0.4) is 0 Å². The van der Waals surface area contributed by atoms with Crippen molar-refractivity contribution in [2.75, 3.05) is 12.4 Å². The number of benzene rings is 2. The van der Waals surface area contributed by atoms with Gasteiger partial charge in [-0.3, -0.25) is 4.79 Å². The van der Waals surface area contributed by atoms with Crippen molar-refractivity contribution in [1.82, 2.24) is 0 Å². The third-order valence-electron chi connectivity index (χ3n) is 3.64. The molecule has 0 aliphatic carbocycles. The number of nitrogens with one attached hydrogen (secondary N) is 1. The molecule has 0 aliphatic rings. The molecular formula is C18H20ClF3N2O2. The molecule has 0 fully saturated rings. The number of halogens is 4. The SMILES string of the molecule is COc1ccc(CCC(=O)Nc2cc(CN)cc(C(F)(F)F)c2)cc1.Cl. The van der Waals surface area contributed by atoms with E-state index < -0.39 is 11.7 Å². The van der Waals surface area contributed by atoms with Crippen LogP contribution in [0.5, 0.6) is 5.75 Å². The van der Waals surface area contributed by atoms with Crippen LogP contribution in [0.4, 0.5) is 18.9 Å². The topological polar surface area (TPSA) is 64.3 Å². The molecule has 2 rings (SSSR count). The summed E-state index contributed by atoms with van der Waals surface area (Å²) >= 11 is 0. The Kier molecular flexibility index (Phi) is 7.92. The van der Waals surface area contributed by atoms with Crippen LogP contribution in [0.2, 0.25) is 0 Å². The first-order valence-electron chi connectivity index (χ1n) is 7.66. The van der Waals surface area contributed by atoms with Crippen molar-refractivity contribution in [3.05, 3.63) is 59.2 Å². The van der Waals surface area contributed by atoms with E-state index in [0.29, 0.717) is 17.7 Å². The molecule has 4 nitrogen and oxygen atoms in total. The number of alkyl halides is 3. The van der Waals surface area contributed by atoms with Crippen LogP contribution in [0.15, 0.2) is 42.5 Å². The Morgan fingerprint density at radius 2 is 1.77 bits per heavy atom. The van der Waals surface area contributed by atoms with Gasteiger partial charge in [-0.25, -0.2) is 0 Å². The number of hydrogen-bond acceptors (Lipinski definition) is 3. The molecule has 0 atom stereocenters. The van der Waals surface area contributed by atoms with E-state index in [1.807, 2.05) is 12.1 Å². The molecule has 0 unspecified atom stereocenters. The number of amides is 1. The highest BCUT2D eigenvalue weighted by atomic mass is 35.5. The summed E-state index contributed by atoms with van der Waals surface area (Å²) in [6.07, 6.45) is -3.87. The summed E-state index contributed by atoms with van der Waals surface area (Å²) in [6.45, 7) is -0.0430. The van der Waals surface area contributed by atoms with E-state index >= 15 is 0 Å². The zero-order valence-corrected chi connectivity index (χ0v) is 14.9. The maximum absolute atomic E-state index is 12.9. The standard InChI is InChI=1S/C18H19F3N2O2.ClH/c1-25-16-5-2-12(3-6-16)4-7-17(24)23-15-9-13(11-22)8-14(10-15)18(19,20)21;/h2-3,5-6,8-10H,4,7,11,22H2,1H3,(H,23,24);1H. The maximum atomic E-state index is 12.9. The fourth-order valence-corrected chi connectivity index (χ4v) is 2.32. The number of aryl methyl sites for hydroxylation is 1. The Bertz CT molecular complexity index is 734. The second-order valence-corrected chi connectivity index (χ2v) is 5.52. The number of anilines is 1. The molecule has 0 spiro atoms. The summed E-state index contributed by atoms with van der Waals surface area (Å²) in [6, 6.07) is 10.6. The molecule has 2 aromatic rings. The number of nitrogens with two attached hydrogens (primary N) is 1. The van der Waals surface area contributed by atoms with E-state index in [-0.39, 0.29) is 37.0 Å². The average molecular weight is 389 g/mol. The average Bonchev–Trinajstić information content (AvgIpc) is 2.59. The van der Waals surface area contributed by atoms with Crippen molar-refractivity contribution in [2.45, 2.75) is 25.6 Å². The predicted octanol–water partition coefficient (Wildman–Crippen LogP) is 4.17. The summed E-state index contributed by atoms with van der Waals surface area (Å²) in [5.74, 6) is 0.351. The molecule has 0 saturated carbocycles. The number of carbonyl (C=O) groups excluding carboxylic acids is 1. The van der Waals surface area contributed by atoms with E-state index in [9.17, 15) is 18.0 Å². The largest absolute Gasteiger partial charge is 0.497 e. The van der Waals surface area contributed by atoms with Crippen LogP contribution >= 0.6 is 12.4 Å². The fourth-order valence-electron chi connectivity index (χ4n) is 2.32. The van der Waals surface area contributed by atoms with Gasteiger partial charge in [0.15, 0.2) is 0 Å². The molecule has 0 aliphatic heterocycles. The van der Waals surface area contributed by atoms with E-state index in [0.717, 1.165) is 17.7 Å². The first-order valence-corrected chi connectivity index (χ1v) is 7.66. The molecule has 3 N–H and O–H groups in total. The van der Waals surface area contributed by atoms with Crippen molar-refractivity contribution in [3.8, 4) is 5.75 Å². The van der Waals surface area contributed by atoms with Gasteiger partial charge in [0.2, 0.25) is 5.91 Å². The van der Waals surface area contributed by atoms with Crippen molar-refractivity contribution < 1.29 is 22.7 Å². The summed E-state index contributed by atoms with van der Waals surface area (Å²) < 4.78 is 43.7. The predicted molar refractivity (Wildman–Crippen MR) is 96.5 cm³/mol. The van der Waals surface area contributed by atoms with Gasteiger partial charge < -0.3 is 15.8 Å². The van der Waals surface area contributed by atoms with Gasteiger partial charge in [0.1, 0.15) is 5.75 Å². The van der Waals surface area contributed by atoms with Crippen molar-refractivity contribution in [2.24, 2.45) is 5.73 Å². The van der Waals surface area contributed by atoms with Crippen LogP contribution in [0.1, 0.15) is 23.1 Å². The second-order valence-electron chi connectivity index (χ2n) is 5.52. The summed E-state index contributed by atoms with van der Waals surface area (Å²) in [4.78, 5) is 12.0. The number of carbonyl (C=O) groups is 1. The lowest BCUT2D eigenvalue weighted by Gasteiger charge is -2.12. The molecule has 8 heteroatoms. The van der Waals surface area contributed by atoms with Crippen LogP contribution in [0, 0.1) is 0 Å². The molecule has 0 heterocycles. The highest BCUT2D eigenvalue weighted by Crippen LogP contribution is 2.32. The highest BCUT2D eigenvalue weighted by molar-refractivity contribution is 5.91. The Hall–Kier alpha value is -2.25. The van der Waals surface area contributed by atoms with Gasteiger partial charge in [0, 0.05) is 18.7 Å². The molecule has 0 bridgehead atoms. The van der Waals surface area contributed by atoms with E-state index in [1.165, 1.54) is 6.07 Å². The molecule has 142 valence electrons. The normalized spacial score (nSPS) is 10.8. The lowest BCUT2D eigenvalue weighted by atomic mass is 10.1. The van der Waals surface area contributed by atoms with Crippen LogP contribution < -0.4 is 15.8 Å². The highest BCUT2D eigenvalue weighted by Gasteiger charge is 2.31. The third kappa shape index (κ3) is 6.24. The Labute approximate surface area is 155 Å². The lowest BCUT2D eigenvalue weighted by molar-refractivity contribution is -0.137. The van der Waals surface area contributed by atoms with Crippen LogP contribution in [-0.2, 0) is 23.9 Å². The Balaban J connectivity index is 0.00000338. The van der Waals surface area contributed by atoms with Crippen LogP contribution in [0.25, 0.3) is 0 Å². The zero-order valence-electron chi connectivity index (χ0n) is 14.1.